The smallest absolute Gasteiger partial charge is 0.262 e. The molecule has 1 aliphatic rings. The van der Waals surface area contributed by atoms with Crippen LogP contribution < -0.4 is 20.3 Å². The van der Waals surface area contributed by atoms with E-state index in [0.29, 0.717) is 18.0 Å². The fraction of sp³-hybridized carbons (Fsp3) is 0.318. The van der Waals surface area contributed by atoms with Crippen molar-refractivity contribution in [2.45, 2.75) is 20.3 Å². The molecule has 29 heavy (non-hydrogen) atoms. The summed E-state index contributed by atoms with van der Waals surface area (Å²) >= 11 is 0. The zero-order valence-electron chi connectivity index (χ0n) is 16.8. The SMILES string of the molecule is CNC(=O)[C@@H]1CC(=O)N(c2ccc(OCC(=O)Nc3cccc(C)c3C)cc2)C1. The number of benzene rings is 2. The van der Waals surface area contributed by atoms with E-state index in [2.05, 4.69) is 10.6 Å². The van der Waals surface area contributed by atoms with Gasteiger partial charge >= 0.3 is 0 Å². The number of hydrogen-bond donors (Lipinski definition) is 2. The first kappa shape index (κ1) is 20.4. The first-order valence-electron chi connectivity index (χ1n) is 9.50. The molecule has 2 aromatic carbocycles. The first-order valence-corrected chi connectivity index (χ1v) is 9.50. The van der Waals surface area contributed by atoms with Crippen molar-refractivity contribution in [3.63, 3.8) is 0 Å². The van der Waals surface area contributed by atoms with E-state index < -0.39 is 0 Å². The minimum absolute atomic E-state index is 0.0832. The van der Waals surface area contributed by atoms with Crippen LogP contribution in [0.5, 0.6) is 5.75 Å². The monoisotopic (exact) mass is 395 g/mol. The maximum absolute atomic E-state index is 12.2. The van der Waals surface area contributed by atoms with Gasteiger partial charge in [0, 0.05) is 31.4 Å². The average molecular weight is 395 g/mol. The van der Waals surface area contributed by atoms with Gasteiger partial charge in [-0.2, -0.15) is 0 Å². The Morgan fingerprint density at radius 3 is 2.55 bits per heavy atom. The number of ether oxygens (including phenoxy) is 1. The third kappa shape index (κ3) is 4.74. The number of amides is 3. The Kier molecular flexibility index (Phi) is 6.16. The highest BCUT2D eigenvalue weighted by atomic mass is 16.5. The molecule has 1 atom stereocenters. The highest BCUT2D eigenvalue weighted by molar-refractivity contribution is 6.00. The van der Waals surface area contributed by atoms with E-state index in [1.54, 1.807) is 36.2 Å². The Morgan fingerprint density at radius 2 is 1.86 bits per heavy atom. The molecule has 1 fully saturated rings. The van der Waals surface area contributed by atoms with Crippen LogP contribution in [-0.4, -0.2) is 37.9 Å². The highest BCUT2D eigenvalue weighted by Gasteiger charge is 2.34. The summed E-state index contributed by atoms with van der Waals surface area (Å²) in [4.78, 5) is 37.7. The molecule has 2 N–H and O–H groups in total. The summed E-state index contributed by atoms with van der Waals surface area (Å²) in [6, 6.07) is 12.7. The lowest BCUT2D eigenvalue weighted by molar-refractivity contribution is -0.125. The molecule has 0 aromatic heterocycles. The summed E-state index contributed by atoms with van der Waals surface area (Å²) in [5, 5.41) is 5.43. The van der Waals surface area contributed by atoms with E-state index >= 15 is 0 Å². The standard InChI is InChI=1S/C22H25N3O4/c1-14-5-4-6-19(15(14)2)24-20(26)13-29-18-9-7-17(8-10-18)25-12-16(11-21(25)27)22(28)23-3/h4-10,16H,11-13H2,1-3H3,(H,23,28)(H,24,26)/t16-/m1/s1. The maximum Gasteiger partial charge on any atom is 0.262 e. The summed E-state index contributed by atoms with van der Waals surface area (Å²) in [7, 11) is 1.57. The average Bonchev–Trinajstić information content (AvgIpc) is 3.11. The lowest BCUT2D eigenvalue weighted by Crippen LogP contribution is -2.30. The van der Waals surface area contributed by atoms with Gasteiger partial charge in [0.2, 0.25) is 11.8 Å². The predicted molar refractivity (Wildman–Crippen MR) is 111 cm³/mol. The van der Waals surface area contributed by atoms with Crippen LogP contribution in [0.3, 0.4) is 0 Å². The Labute approximate surface area is 170 Å². The number of carbonyl (C=O) groups excluding carboxylic acids is 3. The Hall–Kier alpha value is -3.35. The van der Waals surface area contributed by atoms with Crippen LogP contribution in [-0.2, 0) is 14.4 Å². The number of carbonyl (C=O) groups is 3. The molecule has 1 saturated heterocycles. The van der Waals surface area contributed by atoms with E-state index in [0.717, 1.165) is 16.8 Å². The van der Waals surface area contributed by atoms with Crippen molar-refractivity contribution in [1.82, 2.24) is 5.32 Å². The molecule has 7 heteroatoms. The summed E-state index contributed by atoms with van der Waals surface area (Å²) in [6.07, 6.45) is 0.205. The molecule has 3 rings (SSSR count). The molecule has 0 spiro atoms. The molecule has 0 bridgehead atoms. The largest absolute Gasteiger partial charge is 0.484 e. The van der Waals surface area contributed by atoms with E-state index in [1.165, 1.54) is 0 Å². The number of hydrogen-bond acceptors (Lipinski definition) is 4. The van der Waals surface area contributed by atoms with Crippen molar-refractivity contribution in [2.24, 2.45) is 5.92 Å². The van der Waals surface area contributed by atoms with E-state index in [-0.39, 0.29) is 36.7 Å². The topological polar surface area (TPSA) is 87.7 Å². The minimum Gasteiger partial charge on any atom is -0.484 e. The Bertz CT molecular complexity index is 924. The van der Waals surface area contributed by atoms with Gasteiger partial charge < -0.3 is 20.3 Å². The first-order chi connectivity index (χ1) is 13.9. The van der Waals surface area contributed by atoms with E-state index in [4.69, 9.17) is 4.74 Å². The molecule has 1 aliphatic heterocycles. The van der Waals surface area contributed by atoms with Crippen LogP contribution in [0.4, 0.5) is 11.4 Å². The van der Waals surface area contributed by atoms with Crippen LogP contribution in [0.2, 0.25) is 0 Å². The normalized spacial score (nSPS) is 15.9. The van der Waals surface area contributed by atoms with Gasteiger partial charge in [0.1, 0.15) is 5.75 Å². The van der Waals surface area contributed by atoms with E-state index in [9.17, 15) is 14.4 Å². The summed E-state index contributed by atoms with van der Waals surface area (Å²) in [6.45, 7) is 4.19. The molecular formula is C22H25N3O4. The molecule has 0 unspecified atom stereocenters. The van der Waals surface area contributed by atoms with Gasteiger partial charge in [0.15, 0.2) is 6.61 Å². The maximum atomic E-state index is 12.2. The number of aryl methyl sites for hydroxylation is 1. The van der Waals surface area contributed by atoms with Gasteiger partial charge in [-0.15, -0.1) is 0 Å². The highest BCUT2D eigenvalue weighted by Crippen LogP contribution is 2.27. The fourth-order valence-electron chi connectivity index (χ4n) is 3.28. The van der Waals surface area contributed by atoms with Gasteiger partial charge in [-0.05, 0) is 55.3 Å². The predicted octanol–water partition coefficient (Wildman–Crippen LogP) is 2.42. The van der Waals surface area contributed by atoms with Crippen molar-refractivity contribution in [2.75, 3.05) is 30.4 Å². The minimum atomic E-state index is -0.336. The zero-order valence-corrected chi connectivity index (χ0v) is 16.8. The van der Waals surface area contributed by atoms with Crippen LogP contribution in [0.1, 0.15) is 17.5 Å². The second kappa shape index (κ2) is 8.77. The Morgan fingerprint density at radius 1 is 1.14 bits per heavy atom. The zero-order chi connectivity index (χ0) is 21.0. The second-order valence-electron chi connectivity index (χ2n) is 7.10. The summed E-state index contributed by atoms with van der Waals surface area (Å²) in [5.74, 6) is -0.265. The third-order valence-electron chi connectivity index (χ3n) is 5.14. The van der Waals surface area contributed by atoms with Crippen LogP contribution in [0, 0.1) is 19.8 Å². The van der Waals surface area contributed by atoms with Crippen LogP contribution in [0.15, 0.2) is 42.5 Å². The number of nitrogens with one attached hydrogen (secondary N) is 2. The lowest BCUT2D eigenvalue weighted by Gasteiger charge is -2.17. The lowest BCUT2D eigenvalue weighted by atomic mass is 10.1. The molecule has 1 heterocycles. The van der Waals surface area contributed by atoms with E-state index in [1.807, 2.05) is 32.0 Å². The Balaban J connectivity index is 1.55. The van der Waals surface area contributed by atoms with Crippen LogP contribution >= 0.6 is 0 Å². The molecular weight excluding hydrogens is 370 g/mol. The van der Waals surface area contributed by atoms with Crippen LogP contribution in [0.25, 0.3) is 0 Å². The molecule has 152 valence electrons. The molecule has 0 aliphatic carbocycles. The molecule has 7 nitrogen and oxygen atoms in total. The quantitative estimate of drug-likeness (QED) is 0.786. The van der Waals surface area contributed by atoms with Crippen molar-refractivity contribution in [3.05, 3.63) is 53.6 Å². The van der Waals surface area contributed by atoms with Crippen molar-refractivity contribution in [3.8, 4) is 5.75 Å². The van der Waals surface area contributed by atoms with Crippen molar-refractivity contribution in [1.29, 1.82) is 0 Å². The van der Waals surface area contributed by atoms with Gasteiger partial charge in [-0.25, -0.2) is 0 Å². The molecule has 0 saturated carbocycles. The van der Waals surface area contributed by atoms with Crippen molar-refractivity contribution >= 4 is 29.1 Å². The summed E-state index contributed by atoms with van der Waals surface area (Å²) < 4.78 is 5.55. The van der Waals surface area contributed by atoms with Gasteiger partial charge in [-0.1, -0.05) is 12.1 Å². The number of anilines is 2. The molecule has 2 aromatic rings. The van der Waals surface area contributed by atoms with Crippen molar-refractivity contribution < 1.29 is 19.1 Å². The third-order valence-corrected chi connectivity index (χ3v) is 5.14. The van der Waals surface area contributed by atoms with Gasteiger partial charge in [-0.3, -0.25) is 14.4 Å². The van der Waals surface area contributed by atoms with Gasteiger partial charge in [0.25, 0.3) is 5.91 Å². The molecule has 0 radical (unpaired) electrons. The molecule has 3 amide bonds. The second-order valence-corrected chi connectivity index (χ2v) is 7.10. The number of rotatable bonds is 6. The number of nitrogens with zero attached hydrogens (tertiary/aromatic N) is 1. The van der Waals surface area contributed by atoms with Gasteiger partial charge in [0.05, 0.1) is 5.92 Å². The fourth-order valence-corrected chi connectivity index (χ4v) is 3.28. The summed E-state index contributed by atoms with van der Waals surface area (Å²) in [5.41, 5.74) is 3.60.